The molecule has 7 heteroatoms. The van der Waals surface area contributed by atoms with Crippen molar-refractivity contribution in [3.63, 3.8) is 0 Å². The maximum Gasteiger partial charge on any atom is 0.257 e. The largest absolute Gasteiger partial charge is 0.322 e. The van der Waals surface area contributed by atoms with Crippen LogP contribution in [0.1, 0.15) is 26.3 Å². The Kier molecular flexibility index (Phi) is 5.19. The fraction of sp³-hybridized carbons (Fsp3) is 0. The van der Waals surface area contributed by atoms with Gasteiger partial charge < -0.3 is 10.6 Å². The number of hydrogen-bond acceptors (Lipinski definition) is 4. The number of carbonyl (C=O) groups is 2. The van der Waals surface area contributed by atoms with Gasteiger partial charge >= 0.3 is 0 Å². The molecule has 1 heterocycles. The molecule has 27 heavy (non-hydrogen) atoms. The van der Waals surface area contributed by atoms with Crippen LogP contribution >= 0.6 is 0 Å². The molecule has 132 valence electrons. The van der Waals surface area contributed by atoms with E-state index in [-0.39, 0.29) is 11.5 Å². The monoisotopic (exact) mass is 360 g/mol. The number of anilines is 2. The van der Waals surface area contributed by atoms with Crippen LogP contribution in [0.5, 0.6) is 0 Å². The quantitative estimate of drug-likeness (QED) is 0.743. The van der Waals surface area contributed by atoms with Crippen LogP contribution in [0, 0.1) is 17.1 Å². The van der Waals surface area contributed by atoms with Crippen molar-refractivity contribution in [3.8, 4) is 6.07 Å². The van der Waals surface area contributed by atoms with E-state index in [1.54, 1.807) is 42.6 Å². The molecule has 0 spiro atoms. The first-order valence-corrected chi connectivity index (χ1v) is 7.89. The number of nitrogens with one attached hydrogen (secondary N) is 2. The summed E-state index contributed by atoms with van der Waals surface area (Å²) in [6.07, 6.45) is 3.00. The van der Waals surface area contributed by atoms with Gasteiger partial charge in [0.15, 0.2) is 0 Å². The SMILES string of the molecule is N#Cc1cc(NC(=O)c2cccc(NC(=O)c3cccnc3)c2)ccc1F. The second-order valence-corrected chi connectivity index (χ2v) is 5.54. The molecule has 0 saturated heterocycles. The third kappa shape index (κ3) is 4.32. The smallest absolute Gasteiger partial charge is 0.257 e. The molecule has 0 unspecified atom stereocenters. The molecule has 3 aromatic rings. The van der Waals surface area contributed by atoms with Crippen molar-refractivity contribution < 1.29 is 14.0 Å². The fourth-order valence-corrected chi connectivity index (χ4v) is 2.33. The molecule has 0 atom stereocenters. The molecule has 0 saturated carbocycles. The minimum atomic E-state index is -0.657. The van der Waals surface area contributed by atoms with Crippen molar-refractivity contribution in [2.75, 3.05) is 10.6 Å². The number of pyridine rings is 1. The van der Waals surface area contributed by atoms with Gasteiger partial charge in [0.1, 0.15) is 11.9 Å². The molecule has 0 aliphatic rings. The Labute approximate surface area is 154 Å². The molecule has 3 rings (SSSR count). The zero-order valence-corrected chi connectivity index (χ0v) is 13.9. The van der Waals surface area contributed by atoms with Gasteiger partial charge in [-0.05, 0) is 48.5 Å². The predicted molar refractivity (Wildman–Crippen MR) is 97.7 cm³/mol. The number of halogens is 1. The average Bonchev–Trinajstić information content (AvgIpc) is 2.70. The second-order valence-electron chi connectivity index (χ2n) is 5.54. The fourth-order valence-electron chi connectivity index (χ4n) is 2.33. The van der Waals surface area contributed by atoms with E-state index in [2.05, 4.69) is 15.6 Å². The number of rotatable bonds is 4. The lowest BCUT2D eigenvalue weighted by molar-refractivity contribution is 0.101. The van der Waals surface area contributed by atoms with Gasteiger partial charge in [0, 0.05) is 29.3 Å². The van der Waals surface area contributed by atoms with Gasteiger partial charge in [-0.1, -0.05) is 6.07 Å². The first kappa shape index (κ1) is 17.8. The number of nitriles is 1. The van der Waals surface area contributed by atoms with E-state index >= 15 is 0 Å². The third-order valence-electron chi connectivity index (χ3n) is 3.65. The van der Waals surface area contributed by atoms with Crippen LogP contribution in [0.15, 0.2) is 67.0 Å². The molecular formula is C20H13FN4O2. The third-order valence-corrected chi connectivity index (χ3v) is 3.65. The molecule has 0 fully saturated rings. The molecule has 0 aliphatic carbocycles. The highest BCUT2D eigenvalue weighted by Gasteiger charge is 2.11. The van der Waals surface area contributed by atoms with Crippen LogP contribution in [0.3, 0.4) is 0 Å². The summed E-state index contributed by atoms with van der Waals surface area (Å²) in [4.78, 5) is 28.5. The summed E-state index contributed by atoms with van der Waals surface area (Å²) in [5, 5.41) is 14.1. The van der Waals surface area contributed by atoms with Crippen LogP contribution in [-0.2, 0) is 0 Å². The Hall–Kier alpha value is -4.05. The van der Waals surface area contributed by atoms with Crippen molar-refractivity contribution >= 4 is 23.2 Å². The van der Waals surface area contributed by atoms with E-state index in [9.17, 15) is 14.0 Å². The minimum absolute atomic E-state index is 0.162. The maximum atomic E-state index is 13.4. The van der Waals surface area contributed by atoms with Gasteiger partial charge in [0.25, 0.3) is 11.8 Å². The first-order chi connectivity index (χ1) is 13.1. The highest BCUT2D eigenvalue weighted by molar-refractivity contribution is 6.07. The number of nitrogens with zero attached hydrogens (tertiary/aromatic N) is 2. The van der Waals surface area contributed by atoms with Crippen LogP contribution in [0.2, 0.25) is 0 Å². The van der Waals surface area contributed by atoms with Crippen LogP contribution < -0.4 is 10.6 Å². The summed E-state index contributed by atoms with van der Waals surface area (Å²) in [6.45, 7) is 0. The number of aromatic nitrogens is 1. The van der Waals surface area contributed by atoms with Crippen LogP contribution in [0.4, 0.5) is 15.8 Å². The summed E-state index contributed by atoms with van der Waals surface area (Å²) < 4.78 is 13.4. The van der Waals surface area contributed by atoms with Crippen molar-refractivity contribution in [3.05, 3.63) is 89.5 Å². The van der Waals surface area contributed by atoms with Crippen LogP contribution in [-0.4, -0.2) is 16.8 Å². The highest BCUT2D eigenvalue weighted by atomic mass is 19.1. The molecule has 2 aromatic carbocycles. The zero-order chi connectivity index (χ0) is 19.2. The molecule has 2 amide bonds. The molecule has 1 aromatic heterocycles. The number of carbonyl (C=O) groups excluding carboxylic acids is 2. The average molecular weight is 360 g/mol. The minimum Gasteiger partial charge on any atom is -0.322 e. The second kappa shape index (κ2) is 7.89. The molecule has 2 N–H and O–H groups in total. The van der Waals surface area contributed by atoms with Gasteiger partial charge in [-0.15, -0.1) is 0 Å². The molecule has 0 aliphatic heterocycles. The Morgan fingerprint density at radius 2 is 1.63 bits per heavy atom. The standard InChI is InChI=1S/C20H13FN4O2/c21-18-7-6-17(10-15(18)11-22)25-19(26)13-3-1-5-16(9-13)24-20(27)14-4-2-8-23-12-14/h1-10,12H,(H,24,27)(H,25,26). The predicted octanol–water partition coefficient (Wildman–Crippen LogP) is 3.60. The first-order valence-electron chi connectivity index (χ1n) is 7.89. The Balaban J connectivity index is 1.74. The Bertz CT molecular complexity index is 1050. The molecule has 0 radical (unpaired) electrons. The van der Waals surface area contributed by atoms with Gasteiger partial charge in [-0.25, -0.2) is 4.39 Å². The molecule has 0 bridgehead atoms. The van der Waals surface area contributed by atoms with Crippen molar-refractivity contribution in [2.24, 2.45) is 0 Å². The van der Waals surface area contributed by atoms with E-state index < -0.39 is 11.7 Å². The lowest BCUT2D eigenvalue weighted by Gasteiger charge is -2.09. The molecular weight excluding hydrogens is 347 g/mol. The lowest BCUT2D eigenvalue weighted by Crippen LogP contribution is -2.15. The van der Waals surface area contributed by atoms with Gasteiger partial charge in [0.05, 0.1) is 11.1 Å². The van der Waals surface area contributed by atoms with E-state index in [0.29, 0.717) is 22.5 Å². The number of hydrogen-bond donors (Lipinski definition) is 2. The summed E-state index contributed by atoms with van der Waals surface area (Å²) in [5.74, 6) is -1.46. The van der Waals surface area contributed by atoms with E-state index in [1.165, 1.54) is 24.4 Å². The van der Waals surface area contributed by atoms with Gasteiger partial charge in [0.2, 0.25) is 0 Å². The summed E-state index contributed by atoms with van der Waals surface area (Å²) in [5.41, 5.74) is 1.26. The van der Waals surface area contributed by atoms with Crippen molar-refractivity contribution in [1.82, 2.24) is 4.98 Å². The zero-order valence-electron chi connectivity index (χ0n) is 13.9. The van der Waals surface area contributed by atoms with Crippen molar-refractivity contribution in [1.29, 1.82) is 5.26 Å². The van der Waals surface area contributed by atoms with Gasteiger partial charge in [-0.2, -0.15) is 5.26 Å². The molecule has 6 nitrogen and oxygen atoms in total. The van der Waals surface area contributed by atoms with Crippen molar-refractivity contribution in [2.45, 2.75) is 0 Å². The number of benzene rings is 2. The normalized spacial score (nSPS) is 9.93. The summed E-state index contributed by atoms with van der Waals surface area (Å²) in [6, 6.07) is 15.1. The van der Waals surface area contributed by atoms with E-state index in [1.807, 2.05) is 0 Å². The lowest BCUT2D eigenvalue weighted by atomic mass is 10.1. The van der Waals surface area contributed by atoms with Gasteiger partial charge in [-0.3, -0.25) is 14.6 Å². The summed E-state index contributed by atoms with van der Waals surface area (Å²) >= 11 is 0. The maximum absolute atomic E-state index is 13.4. The summed E-state index contributed by atoms with van der Waals surface area (Å²) in [7, 11) is 0. The Morgan fingerprint density at radius 1 is 0.926 bits per heavy atom. The van der Waals surface area contributed by atoms with E-state index in [4.69, 9.17) is 5.26 Å². The topological polar surface area (TPSA) is 94.9 Å². The van der Waals surface area contributed by atoms with Crippen LogP contribution in [0.25, 0.3) is 0 Å². The Morgan fingerprint density at radius 3 is 2.33 bits per heavy atom. The number of amides is 2. The highest BCUT2D eigenvalue weighted by Crippen LogP contribution is 2.17. The van der Waals surface area contributed by atoms with E-state index in [0.717, 1.165) is 6.07 Å².